The monoisotopic (exact) mass is 494 g/mol. The molecule has 0 saturated carbocycles. The van der Waals surface area contributed by atoms with Crippen LogP contribution in [0.3, 0.4) is 0 Å². The minimum absolute atomic E-state index is 0.0211. The molecule has 182 valence electrons. The molecule has 0 radical (unpaired) electrons. The van der Waals surface area contributed by atoms with Gasteiger partial charge in [0.1, 0.15) is 5.82 Å². The molecule has 0 atom stereocenters. The molecule has 4 heterocycles. The van der Waals surface area contributed by atoms with Gasteiger partial charge in [0, 0.05) is 49.2 Å². The number of para-hydroxylation sites is 1. The number of carbonyl (C=O) groups is 2. The number of nitrogens with one attached hydrogen (secondary N) is 3. The number of likely N-dealkylation sites (tertiary alicyclic amines) is 1. The number of aromatic nitrogens is 3. The first-order valence-corrected chi connectivity index (χ1v) is 11.9. The Balaban J connectivity index is 1.16. The molecule has 7 N–H and O–H groups in total. The van der Waals surface area contributed by atoms with Gasteiger partial charge in [0.05, 0.1) is 5.54 Å². The number of hydrogen-bond donors (Lipinski definition) is 5. The zero-order valence-corrected chi connectivity index (χ0v) is 19.9. The number of carbonyl (C=O) groups excluding carboxylic acids is 2. The van der Waals surface area contributed by atoms with Crippen molar-refractivity contribution in [2.45, 2.75) is 31.2 Å². The molecular formula is C24H27ClN8O2. The number of benzene rings is 1. The quantitative estimate of drug-likeness (QED) is 0.266. The summed E-state index contributed by atoms with van der Waals surface area (Å²) >= 11 is 5.89. The SMILES string of the molecule is Nc1nc(N)c(C(=O)/C=C2\NCC3(CCN(C(=O)CCc4c[nH]c5ccccc45)CC3)N2)nc1Cl. The molecule has 10 nitrogen and oxygen atoms in total. The summed E-state index contributed by atoms with van der Waals surface area (Å²) in [6.07, 6.45) is 6.14. The average Bonchev–Trinajstić information content (AvgIpc) is 3.44. The van der Waals surface area contributed by atoms with Crippen LogP contribution in [-0.4, -0.2) is 56.7 Å². The average molecular weight is 495 g/mol. The number of anilines is 2. The highest BCUT2D eigenvalue weighted by Gasteiger charge is 2.40. The van der Waals surface area contributed by atoms with Crippen molar-refractivity contribution < 1.29 is 9.59 Å². The molecule has 2 aliphatic rings. The molecule has 1 aromatic carbocycles. The number of nitrogens with zero attached hydrogens (tertiary/aromatic N) is 3. The van der Waals surface area contributed by atoms with Gasteiger partial charge < -0.3 is 32.0 Å². The van der Waals surface area contributed by atoms with Crippen molar-refractivity contribution in [3.05, 3.63) is 58.8 Å². The Bertz CT molecular complexity index is 1330. The zero-order chi connectivity index (χ0) is 24.6. The van der Waals surface area contributed by atoms with E-state index in [1.54, 1.807) is 0 Å². The van der Waals surface area contributed by atoms with E-state index in [-0.39, 0.29) is 33.9 Å². The van der Waals surface area contributed by atoms with Crippen molar-refractivity contribution in [3.63, 3.8) is 0 Å². The van der Waals surface area contributed by atoms with Crippen LogP contribution in [0.4, 0.5) is 11.6 Å². The number of ketones is 1. The normalized spacial score (nSPS) is 18.1. The van der Waals surface area contributed by atoms with E-state index >= 15 is 0 Å². The molecule has 1 amide bonds. The van der Waals surface area contributed by atoms with E-state index in [0.29, 0.717) is 38.3 Å². The maximum atomic E-state index is 12.9. The minimum atomic E-state index is -0.422. The summed E-state index contributed by atoms with van der Waals surface area (Å²) in [5.74, 6) is 0.238. The molecule has 2 saturated heterocycles. The second-order valence-electron chi connectivity index (χ2n) is 9.05. The minimum Gasteiger partial charge on any atom is -0.382 e. The standard InChI is InChI=1S/C24H27ClN8O2/c25-21-23(27)31-22(26)20(30-21)17(34)11-18-29-13-24(32-18)7-9-33(10-8-24)19(35)6-5-14-12-28-16-4-2-1-3-15(14)16/h1-4,11-12,28-29,32H,5-10,13H2,(H4,26,27,31)/b18-11+. The number of halogens is 1. The third-order valence-corrected chi connectivity index (χ3v) is 7.07. The Hall–Kier alpha value is -3.79. The Kier molecular flexibility index (Phi) is 5.98. The van der Waals surface area contributed by atoms with Crippen LogP contribution >= 0.6 is 11.6 Å². The Morgan fingerprint density at radius 3 is 2.71 bits per heavy atom. The molecule has 0 aliphatic carbocycles. The van der Waals surface area contributed by atoms with Gasteiger partial charge >= 0.3 is 0 Å². The van der Waals surface area contributed by atoms with Gasteiger partial charge in [-0.3, -0.25) is 9.59 Å². The topological polar surface area (TPSA) is 155 Å². The molecule has 2 aromatic heterocycles. The molecular weight excluding hydrogens is 468 g/mol. The van der Waals surface area contributed by atoms with Crippen molar-refractivity contribution in [3.8, 4) is 0 Å². The largest absolute Gasteiger partial charge is 0.382 e. The summed E-state index contributed by atoms with van der Waals surface area (Å²) < 4.78 is 0. The first-order chi connectivity index (χ1) is 16.8. The lowest BCUT2D eigenvalue weighted by atomic mass is 9.88. The summed E-state index contributed by atoms with van der Waals surface area (Å²) in [5, 5.41) is 7.78. The molecule has 0 bridgehead atoms. The summed E-state index contributed by atoms with van der Waals surface area (Å²) in [7, 11) is 0. The highest BCUT2D eigenvalue weighted by molar-refractivity contribution is 6.31. The predicted octanol–water partition coefficient (Wildman–Crippen LogP) is 1.99. The van der Waals surface area contributed by atoms with Gasteiger partial charge in [-0.15, -0.1) is 0 Å². The third kappa shape index (κ3) is 4.61. The van der Waals surface area contributed by atoms with Crippen molar-refractivity contribution >= 4 is 45.8 Å². The number of amides is 1. The van der Waals surface area contributed by atoms with Crippen LogP contribution in [0.2, 0.25) is 5.15 Å². The number of aryl methyl sites for hydroxylation is 1. The van der Waals surface area contributed by atoms with Crippen molar-refractivity contribution in [1.29, 1.82) is 0 Å². The zero-order valence-electron chi connectivity index (χ0n) is 19.1. The molecule has 2 fully saturated rings. The van der Waals surface area contributed by atoms with Gasteiger partial charge in [-0.1, -0.05) is 29.8 Å². The Morgan fingerprint density at radius 2 is 1.91 bits per heavy atom. The number of H-pyrrole nitrogens is 1. The van der Waals surface area contributed by atoms with Crippen LogP contribution < -0.4 is 22.1 Å². The lowest BCUT2D eigenvalue weighted by Gasteiger charge is -2.39. The van der Waals surface area contributed by atoms with Crippen molar-refractivity contribution in [2.75, 3.05) is 31.1 Å². The maximum Gasteiger partial charge on any atom is 0.222 e. The second kappa shape index (κ2) is 9.10. The molecule has 11 heteroatoms. The first kappa shape index (κ1) is 23.0. The van der Waals surface area contributed by atoms with Gasteiger partial charge in [-0.05, 0) is 30.9 Å². The fourth-order valence-corrected chi connectivity index (χ4v) is 4.90. The second-order valence-corrected chi connectivity index (χ2v) is 9.41. The van der Waals surface area contributed by atoms with Gasteiger partial charge in [0.25, 0.3) is 0 Å². The van der Waals surface area contributed by atoms with E-state index in [1.807, 2.05) is 29.3 Å². The van der Waals surface area contributed by atoms with E-state index in [9.17, 15) is 9.59 Å². The number of rotatable bonds is 5. The van der Waals surface area contributed by atoms with Gasteiger partial charge in [-0.25, -0.2) is 9.97 Å². The van der Waals surface area contributed by atoms with Crippen LogP contribution in [0.25, 0.3) is 10.9 Å². The third-order valence-electron chi connectivity index (χ3n) is 6.79. The number of fused-ring (bicyclic) bond motifs is 1. The lowest BCUT2D eigenvalue weighted by molar-refractivity contribution is -0.132. The predicted molar refractivity (Wildman–Crippen MR) is 135 cm³/mol. The van der Waals surface area contributed by atoms with E-state index < -0.39 is 5.78 Å². The van der Waals surface area contributed by atoms with Gasteiger partial charge in [0.15, 0.2) is 22.5 Å². The molecule has 2 aliphatic heterocycles. The maximum absolute atomic E-state index is 12.9. The summed E-state index contributed by atoms with van der Waals surface area (Å²) in [5.41, 5.74) is 13.4. The lowest BCUT2D eigenvalue weighted by Crippen LogP contribution is -2.53. The Morgan fingerprint density at radius 1 is 1.14 bits per heavy atom. The van der Waals surface area contributed by atoms with Crippen LogP contribution in [0, 0.1) is 0 Å². The van der Waals surface area contributed by atoms with E-state index in [0.717, 1.165) is 23.9 Å². The fourth-order valence-electron chi connectivity index (χ4n) is 4.77. The molecule has 35 heavy (non-hydrogen) atoms. The van der Waals surface area contributed by atoms with Crippen molar-refractivity contribution in [2.24, 2.45) is 0 Å². The Labute approximate surface area is 207 Å². The van der Waals surface area contributed by atoms with E-state index in [4.69, 9.17) is 23.1 Å². The summed E-state index contributed by atoms with van der Waals surface area (Å²) in [6, 6.07) is 8.12. The first-order valence-electron chi connectivity index (χ1n) is 11.5. The van der Waals surface area contributed by atoms with Gasteiger partial charge in [-0.2, -0.15) is 0 Å². The molecule has 5 rings (SSSR count). The highest BCUT2D eigenvalue weighted by Crippen LogP contribution is 2.28. The summed E-state index contributed by atoms with van der Waals surface area (Å²) in [4.78, 5) is 38.5. The van der Waals surface area contributed by atoms with E-state index in [1.165, 1.54) is 11.5 Å². The number of nitrogens with two attached hydrogens (primary N) is 2. The highest BCUT2D eigenvalue weighted by atomic mass is 35.5. The number of hydrogen-bond acceptors (Lipinski definition) is 8. The number of piperidine rings is 1. The smallest absolute Gasteiger partial charge is 0.222 e. The number of allylic oxidation sites excluding steroid dienone is 1. The molecule has 1 spiro atoms. The van der Waals surface area contributed by atoms with Crippen molar-refractivity contribution in [1.82, 2.24) is 30.5 Å². The van der Waals surface area contributed by atoms with Crippen LogP contribution in [0.5, 0.6) is 0 Å². The number of aromatic amines is 1. The van der Waals surface area contributed by atoms with E-state index in [2.05, 4.69) is 31.7 Å². The molecule has 3 aromatic rings. The fraction of sp³-hybridized carbons (Fsp3) is 0.333. The summed E-state index contributed by atoms with van der Waals surface area (Å²) in [6.45, 7) is 1.98. The molecule has 0 unspecified atom stereocenters. The van der Waals surface area contributed by atoms with Crippen LogP contribution in [0.15, 0.2) is 42.4 Å². The van der Waals surface area contributed by atoms with Crippen LogP contribution in [0.1, 0.15) is 35.3 Å². The number of nitrogen functional groups attached to an aromatic ring is 2. The van der Waals surface area contributed by atoms with Crippen LogP contribution in [-0.2, 0) is 11.2 Å². The van der Waals surface area contributed by atoms with Gasteiger partial charge in [0.2, 0.25) is 11.7 Å².